The van der Waals surface area contributed by atoms with Gasteiger partial charge in [-0.05, 0) is 41.7 Å². The first-order valence-corrected chi connectivity index (χ1v) is 9.20. The zero-order valence-corrected chi connectivity index (χ0v) is 15.5. The Kier molecular flexibility index (Phi) is 6.42. The first-order valence-electron chi connectivity index (χ1n) is 9.20. The van der Waals surface area contributed by atoms with Crippen molar-refractivity contribution >= 4 is 5.78 Å². The van der Waals surface area contributed by atoms with Crippen molar-refractivity contribution < 1.29 is 22.4 Å². The Hall–Kier alpha value is -3.02. The lowest BCUT2D eigenvalue weighted by molar-refractivity contribution is -0.139. The van der Waals surface area contributed by atoms with E-state index >= 15 is 0 Å². The number of carbonyl (C=O) groups excluding carboxylic acids is 1. The summed E-state index contributed by atoms with van der Waals surface area (Å²) in [5.41, 5.74) is 0.842. The molecule has 0 N–H and O–H groups in total. The van der Waals surface area contributed by atoms with Crippen LogP contribution in [0.4, 0.5) is 17.6 Å². The van der Waals surface area contributed by atoms with E-state index in [0.29, 0.717) is 31.2 Å². The number of aryl methyl sites for hydroxylation is 1. The Morgan fingerprint density at radius 1 is 0.931 bits per heavy atom. The number of carbonyl (C=O) groups is 1. The number of alkyl halides is 3. The topological polar surface area (TPSA) is 30.0 Å². The molecule has 0 saturated heterocycles. The molecule has 29 heavy (non-hydrogen) atoms. The molecule has 0 unspecified atom stereocenters. The lowest BCUT2D eigenvalue weighted by Crippen LogP contribution is -2.08. The van der Waals surface area contributed by atoms with Crippen molar-refractivity contribution in [1.29, 1.82) is 0 Å². The molecule has 1 aromatic heterocycles. The van der Waals surface area contributed by atoms with E-state index in [4.69, 9.17) is 0 Å². The Bertz CT molecular complexity index is 966. The summed E-state index contributed by atoms with van der Waals surface area (Å²) in [4.78, 5) is 16.0. The van der Waals surface area contributed by atoms with Crippen molar-refractivity contribution in [2.24, 2.45) is 0 Å². The van der Waals surface area contributed by atoms with Crippen molar-refractivity contribution in [2.45, 2.75) is 31.9 Å². The first kappa shape index (κ1) is 20.7. The normalized spacial score (nSPS) is 11.4. The summed E-state index contributed by atoms with van der Waals surface area (Å²) in [6.45, 7) is 0. The monoisotopic (exact) mass is 401 g/mol. The smallest absolute Gasteiger partial charge is 0.299 e. The molecule has 0 aliphatic rings. The van der Waals surface area contributed by atoms with Gasteiger partial charge in [0.2, 0.25) is 0 Å². The van der Waals surface area contributed by atoms with Crippen LogP contribution in [0.2, 0.25) is 0 Å². The van der Waals surface area contributed by atoms with E-state index in [1.807, 2.05) is 6.07 Å². The number of ketones is 1. The van der Waals surface area contributed by atoms with Gasteiger partial charge in [0.1, 0.15) is 11.6 Å². The fraction of sp³-hybridized carbons (Fsp3) is 0.217. The Morgan fingerprint density at radius 3 is 2.34 bits per heavy atom. The van der Waals surface area contributed by atoms with Crippen LogP contribution in [0.5, 0.6) is 0 Å². The van der Waals surface area contributed by atoms with E-state index in [1.165, 1.54) is 12.1 Å². The zero-order chi connectivity index (χ0) is 20.9. The third-order valence-corrected chi connectivity index (χ3v) is 4.61. The van der Waals surface area contributed by atoms with Crippen molar-refractivity contribution in [3.8, 4) is 11.1 Å². The Morgan fingerprint density at radius 2 is 1.69 bits per heavy atom. The van der Waals surface area contributed by atoms with Crippen molar-refractivity contribution in [3.63, 3.8) is 0 Å². The number of halogens is 4. The maximum Gasteiger partial charge on any atom is 0.419 e. The maximum atomic E-state index is 14.3. The van der Waals surface area contributed by atoms with Gasteiger partial charge in [0.15, 0.2) is 0 Å². The number of benzene rings is 2. The number of hydrogen-bond acceptors (Lipinski definition) is 2. The molecule has 150 valence electrons. The molecule has 0 atom stereocenters. The van der Waals surface area contributed by atoms with E-state index in [1.54, 1.807) is 42.7 Å². The van der Waals surface area contributed by atoms with Gasteiger partial charge in [-0.3, -0.25) is 9.78 Å². The van der Waals surface area contributed by atoms with Crippen LogP contribution in [0.15, 0.2) is 67.0 Å². The summed E-state index contributed by atoms with van der Waals surface area (Å²) >= 11 is 0. The second-order valence-corrected chi connectivity index (χ2v) is 6.79. The van der Waals surface area contributed by atoms with Crippen LogP contribution in [-0.4, -0.2) is 10.8 Å². The second-order valence-electron chi connectivity index (χ2n) is 6.79. The lowest BCUT2D eigenvalue weighted by atomic mass is 9.98. The molecular formula is C23H19F4NO. The SMILES string of the molecule is O=C(CCCc1ccc(-c2cccc(C(F)(F)F)c2F)cc1)Cc1cccnc1. The van der Waals surface area contributed by atoms with Crippen LogP contribution in [0, 0.1) is 5.82 Å². The largest absolute Gasteiger partial charge is 0.419 e. The van der Waals surface area contributed by atoms with Crippen LogP contribution in [-0.2, 0) is 23.8 Å². The molecule has 1 heterocycles. The van der Waals surface area contributed by atoms with Gasteiger partial charge in [0.05, 0.1) is 5.56 Å². The number of rotatable bonds is 7. The molecular weight excluding hydrogens is 382 g/mol. The molecule has 0 bridgehead atoms. The molecule has 2 nitrogen and oxygen atoms in total. The highest BCUT2D eigenvalue weighted by Gasteiger charge is 2.34. The van der Waals surface area contributed by atoms with Crippen LogP contribution in [0.1, 0.15) is 29.5 Å². The molecule has 3 aromatic rings. The third-order valence-electron chi connectivity index (χ3n) is 4.61. The van der Waals surface area contributed by atoms with Gasteiger partial charge in [0, 0.05) is 30.8 Å². The summed E-state index contributed by atoms with van der Waals surface area (Å²) in [6.07, 6.45) is 0.690. The Labute approximate surface area is 166 Å². The summed E-state index contributed by atoms with van der Waals surface area (Å²) in [5, 5.41) is 0. The predicted octanol–water partition coefficient (Wildman–Crippen LogP) is 6.04. The standard InChI is InChI=1S/C23H19F4NO/c24-22-20(7-2-8-21(22)23(25,26)27)18-11-9-16(10-12-18)4-1-6-19(29)14-17-5-3-13-28-15-17/h2-3,5,7-13,15H,1,4,6,14H2. The molecule has 0 fully saturated rings. The summed E-state index contributed by atoms with van der Waals surface area (Å²) in [5.74, 6) is -1.14. The van der Waals surface area contributed by atoms with Gasteiger partial charge < -0.3 is 0 Å². The maximum absolute atomic E-state index is 14.3. The number of pyridine rings is 1. The zero-order valence-electron chi connectivity index (χ0n) is 15.5. The van der Waals surface area contributed by atoms with Crippen molar-refractivity contribution in [2.75, 3.05) is 0 Å². The predicted molar refractivity (Wildman–Crippen MR) is 103 cm³/mol. The van der Waals surface area contributed by atoms with Crippen LogP contribution < -0.4 is 0 Å². The molecule has 0 aliphatic heterocycles. The average Bonchev–Trinajstić information content (AvgIpc) is 2.69. The first-order chi connectivity index (χ1) is 13.8. The molecule has 0 amide bonds. The second kappa shape index (κ2) is 8.99. The highest BCUT2D eigenvalue weighted by Crippen LogP contribution is 2.35. The highest BCUT2D eigenvalue weighted by molar-refractivity contribution is 5.80. The molecule has 0 radical (unpaired) electrons. The van der Waals surface area contributed by atoms with Gasteiger partial charge >= 0.3 is 6.18 Å². The van der Waals surface area contributed by atoms with Gasteiger partial charge in [-0.2, -0.15) is 13.2 Å². The van der Waals surface area contributed by atoms with E-state index in [-0.39, 0.29) is 11.3 Å². The van der Waals surface area contributed by atoms with E-state index in [0.717, 1.165) is 17.2 Å². The third kappa shape index (κ3) is 5.50. The minimum absolute atomic E-state index is 0.0852. The summed E-state index contributed by atoms with van der Waals surface area (Å²) < 4.78 is 52.9. The molecule has 3 rings (SSSR count). The quantitative estimate of drug-likeness (QED) is 0.452. The van der Waals surface area contributed by atoms with Gasteiger partial charge in [-0.25, -0.2) is 4.39 Å². The minimum Gasteiger partial charge on any atom is -0.299 e. The van der Waals surface area contributed by atoms with E-state index in [2.05, 4.69) is 4.98 Å². The van der Waals surface area contributed by atoms with Crippen molar-refractivity contribution in [3.05, 3.63) is 89.5 Å². The average molecular weight is 401 g/mol. The van der Waals surface area contributed by atoms with E-state index in [9.17, 15) is 22.4 Å². The van der Waals surface area contributed by atoms with Crippen LogP contribution in [0.3, 0.4) is 0 Å². The lowest BCUT2D eigenvalue weighted by Gasteiger charge is -2.11. The molecule has 6 heteroatoms. The molecule has 2 aromatic carbocycles. The van der Waals surface area contributed by atoms with E-state index < -0.39 is 17.6 Å². The number of Topliss-reactive ketones (excluding diaryl/α,β-unsaturated/α-hetero) is 1. The van der Waals surface area contributed by atoms with Crippen molar-refractivity contribution in [1.82, 2.24) is 4.98 Å². The highest BCUT2D eigenvalue weighted by atomic mass is 19.4. The van der Waals surface area contributed by atoms with Gasteiger partial charge in [0.25, 0.3) is 0 Å². The van der Waals surface area contributed by atoms with Gasteiger partial charge in [-0.1, -0.05) is 42.5 Å². The Balaban J connectivity index is 1.59. The van der Waals surface area contributed by atoms with Crippen LogP contribution >= 0.6 is 0 Å². The number of aromatic nitrogens is 1. The fourth-order valence-corrected chi connectivity index (χ4v) is 3.13. The summed E-state index contributed by atoms with van der Waals surface area (Å²) in [7, 11) is 0. The molecule has 0 aliphatic carbocycles. The number of nitrogens with zero attached hydrogens (tertiary/aromatic N) is 1. The van der Waals surface area contributed by atoms with Gasteiger partial charge in [-0.15, -0.1) is 0 Å². The summed E-state index contributed by atoms with van der Waals surface area (Å²) in [6, 6.07) is 13.6. The minimum atomic E-state index is -4.73. The van der Waals surface area contributed by atoms with Crippen LogP contribution in [0.25, 0.3) is 11.1 Å². The molecule has 0 spiro atoms. The molecule has 0 saturated carbocycles. The number of hydrogen-bond donors (Lipinski definition) is 0. The fourth-order valence-electron chi connectivity index (χ4n) is 3.13.